The Kier molecular flexibility index (Phi) is 6.08. The Morgan fingerprint density at radius 1 is 0.404 bits per heavy atom. The Morgan fingerprint density at radius 3 is 1.60 bits per heavy atom. The van der Waals surface area contributed by atoms with Crippen LogP contribution in [-0.4, -0.2) is 4.57 Å². The Morgan fingerprint density at radius 2 is 0.942 bits per heavy atom. The smallest absolute Gasteiger partial charge is 0.0585 e. The molecule has 1 heterocycles. The van der Waals surface area contributed by atoms with Crippen molar-refractivity contribution in [2.24, 2.45) is 0 Å². The highest BCUT2D eigenvalue weighted by Crippen LogP contribution is 2.55. The summed E-state index contributed by atoms with van der Waals surface area (Å²) in [6.45, 7) is 4.82. The maximum absolute atomic E-state index is 2.50. The number of benzene rings is 9. The van der Waals surface area contributed by atoms with Gasteiger partial charge in [-0.1, -0.05) is 159 Å². The molecule has 0 amide bonds. The molecule has 1 aromatic heterocycles. The third kappa shape index (κ3) is 4.05. The molecule has 0 atom stereocenters. The first-order valence-corrected chi connectivity index (χ1v) is 18.3. The molecule has 1 aliphatic rings. The largest absolute Gasteiger partial charge is 0.309 e. The minimum atomic E-state index is -0.192. The van der Waals surface area contributed by atoms with Gasteiger partial charge in [-0.25, -0.2) is 0 Å². The van der Waals surface area contributed by atoms with Crippen LogP contribution in [0.15, 0.2) is 176 Å². The molecule has 0 bridgehead atoms. The van der Waals surface area contributed by atoms with Crippen molar-refractivity contribution in [3.63, 3.8) is 0 Å². The van der Waals surface area contributed by atoms with E-state index in [1.807, 2.05) is 0 Å². The van der Waals surface area contributed by atoms with E-state index in [2.05, 4.69) is 194 Å². The summed E-state index contributed by atoms with van der Waals surface area (Å²) in [6.07, 6.45) is 0. The molecule has 9 aromatic carbocycles. The van der Waals surface area contributed by atoms with Gasteiger partial charge in [0.1, 0.15) is 0 Å². The van der Waals surface area contributed by atoms with Crippen molar-refractivity contribution < 1.29 is 0 Å². The Bertz CT molecular complexity index is 3000. The maximum atomic E-state index is 2.50. The number of para-hydroxylation sites is 1. The van der Waals surface area contributed by atoms with E-state index >= 15 is 0 Å². The van der Waals surface area contributed by atoms with Gasteiger partial charge in [-0.2, -0.15) is 0 Å². The lowest BCUT2D eigenvalue weighted by molar-refractivity contribution is 0.666. The summed E-state index contributed by atoms with van der Waals surface area (Å²) in [7, 11) is 0. The van der Waals surface area contributed by atoms with Crippen LogP contribution in [0.25, 0.3) is 93.5 Å². The number of aromatic nitrogens is 1. The molecule has 1 nitrogen and oxygen atoms in total. The standard InChI is InChI=1S/C51H35N/c1-51(2)45-31-36(32-12-6-3-7-13-32)22-28-43(45)50-49(51)44-30-37(23-29-46(44)52(50)38-16-10-5-11-17-38)40-25-19-35-20-26-41-39(33-14-8-4-9-15-33)24-18-34-21-27-42(40)48(35)47(34)41/h3-31H,1-2H3. The van der Waals surface area contributed by atoms with E-state index in [0.717, 1.165) is 0 Å². The second-order valence-electron chi connectivity index (χ2n) is 14.9. The number of nitrogens with zero attached hydrogens (tertiary/aromatic N) is 1. The van der Waals surface area contributed by atoms with E-state index in [4.69, 9.17) is 0 Å². The summed E-state index contributed by atoms with van der Waals surface area (Å²) < 4.78 is 2.50. The molecule has 0 aliphatic heterocycles. The molecule has 0 radical (unpaired) electrons. The predicted molar refractivity (Wildman–Crippen MR) is 221 cm³/mol. The Labute approximate surface area is 303 Å². The van der Waals surface area contributed by atoms with Gasteiger partial charge in [-0.15, -0.1) is 0 Å². The summed E-state index contributed by atoms with van der Waals surface area (Å²) in [4.78, 5) is 0. The minimum Gasteiger partial charge on any atom is -0.309 e. The summed E-state index contributed by atoms with van der Waals surface area (Å²) in [5.74, 6) is 0. The Balaban J connectivity index is 1.16. The third-order valence-corrected chi connectivity index (χ3v) is 11.7. The lowest BCUT2D eigenvalue weighted by Crippen LogP contribution is -2.15. The van der Waals surface area contributed by atoms with Crippen molar-refractivity contribution in [3.8, 4) is 50.3 Å². The highest BCUT2D eigenvalue weighted by Gasteiger charge is 2.41. The average Bonchev–Trinajstić information content (AvgIpc) is 3.66. The molecule has 1 heteroatoms. The van der Waals surface area contributed by atoms with Crippen LogP contribution in [0.4, 0.5) is 0 Å². The Hall–Kier alpha value is -6.44. The van der Waals surface area contributed by atoms with Crippen molar-refractivity contribution in [1.29, 1.82) is 0 Å². The van der Waals surface area contributed by atoms with E-state index in [-0.39, 0.29) is 5.41 Å². The monoisotopic (exact) mass is 661 g/mol. The van der Waals surface area contributed by atoms with Crippen molar-refractivity contribution in [1.82, 2.24) is 4.57 Å². The molecule has 0 saturated carbocycles. The van der Waals surface area contributed by atoms with Crippen LogP contribution in [0.2, 0.25) is 0 Å². The zero-order valence-corrected chi connectivity index (χ0v) is 29.2. The van der Waals surface area contributed by atoms with Crippen molar-refractivity contribution in [2.45, 2.75) is 19.3 Å². The van der Waals surface area contributed by atoms with Crippen LogP contribution in [0.5, 0.6) is 0 Å². The zero-order valence-electron chi connectivity index (χ0n) is 29.2. The quantitative estimate of drug-likeness (QED) is 0.165. The fourth-order valence-electron chi connectivity index (χ4n) is 9.33. The molecule has 11 rings (SSSR count). The van der Waals surface area contributed by atoms with Crippen molar-refractivity contribution in [3.05, 3.63) is 187 Å². The molecular formula is C51H35N. The minimum absolute atomic E-state index is 0.192. The van der Waals surface area contributed by atoms with Gasteiger partial charge in [0.2, 0.25) is 0 Å². The summed E-state index contributed by atoms with van der Waals surface area (Å²) in [6, 6.07) is 65.2. The number of rotatable bonds is 4. The van der Waals surface area contributed by atoms with Gasteiger partial charge in [0.25, 0.3) is 0 Å². The first-order chi connectivity index (χ1) is 25.6. The molecule has 0 saturated heterocycles. The van der Waals surface area contributed by atoms with Gasteiger partial charge in [-0.05, 0) is 107 Å². The van der Waals surface area contributed by atoms with Gasteiger partial charge in [0.05, 0.1) is 11.2 Å². The highest BCUT2D eigenvalue weighted by atomic mass is 15.0. The molecule has 0 fully saturated rings. The van der Waals surface area contributed by atoms with E-state index in [9.17, 15) is 0 Å². The van der Waals surface area contributed by atoms with Crippen LogP contribution >= 0.6 is 0 Å². The van der Waals surface area contributed by atoms with Gasteiger partial charge >= 0.3 is 0 Å². The van der Waals surface area contributed by atoms with Crippen LogP contribution in [-0.2, 0) is 5.41 Å². The second-order valence-corrected chi connectivity index (χ2v) is 14.9. The normalized spacial score (nSPS) is 13.3. The van der Waals surface area contributed by atoms with E-state index < -0.39 is 0 Å². The van der Waals surface area contributed by atoms with Crippen LogP contribution in [0.3, 0.4) is 0 Å². The number of hydrogen-bond acceptors (Lipinski definition) is 0. The molecule has 10 aromatic rings. The van der Waals surface area contributed by atoms with Gasteiger partial charge in [0.15, 0.2) is 0 Å². The summed E-state index contributed by atoms with van der Waals surface area (Å²) in [5, 5.41) is 9.18. The molecule has 1 aliphatic carbocycles. The first-order valence-electron chi connectivity index (χ1n) is 18.3. The topological polar surface area (TPSA) is 4.93 Å². The molecule has 52 heavy (non-hydrogen) atoms. The predicted octanol–water partition coefficient (Wildman–Crippen LogP) is 13.8. The second kappa shape index (κ2) is 10.8. The lowest BCUT2D eigenvalue weighted by Gasteiger charge is -2.22. The van der Waals surface area contributed by atoms with E-state index in [1.165, 1.54) is 105 Å². The fraction of sp³-hybridized carbons (Fsp3) is 0.0588. The van der Waals surface area contributed by atoms with Crippen LogP contribution in [0.1, 0.15) is 25.0 Å². The number of hydrogen-bond donors (Lipinski definition) is 0. The van der Waals surface area contributed by atoms with Gasteiger partial charge in [-0.3, -0.25) is 0 Å². The molecule has 0 spiro atoms. The number of fused-ring (bicyclic) bond motifs is 5. The van der Waals surface area contributed by atoms with Gasteiger partial charge in [0, 0.05) is 22.1 Å². The van der Waals surface area contributed by atoms with Crippen LogP contribution < -0.4 is 0 Å². The third-order valence-electron chi connectivity index (χ3n) is 11.7. The SMILES string of the molecule is CC1(C)c2cc(-c3ccccc3)ccc2-c2c1c1cc(-c3ccc4ccc5c(-c6ccccc6)ccc6ccc3c4c65)ccc1n2-c1ccccc1. The summed E-state index contributed by atoms with van der Waals surface area (Å²) in [5.41, 5.74) is 15.2. The van der Waals surface area contributed by atoms with Crippen LogP contribution in [0, 0.1) is 0 Å². The van der Waals surface area contributed by atoms with Gasteiger partial charge < -0.3 is 4.57 Å². The van der Waals surface area contributed by atoms with E-state index in [1.54, 1.807) is 0 Å². The summed E-state index contributed by atoms with van der Waals surface area (Å²) >= 11 is 0. The first kappa shape index (κ1) is 29.3. The van der Waals surface area contributed by atoms with E-state index in [0.29, 0.717) is 0 Å². The highest BCUT2D eigenvalue weighted by molar-refractivity contribution is 6.27. The average molecular weight is 662 g/mol. The zero-order chi connectivity index (χ0) is 34.6. The van der Waals surface area contributed by atoms with Crippen molar-refractivity contribution in [2.75, 3.05) is 0 Å². The molecule has 0 unspecified atom stereocenters. The van der Waals surface area contributed by atoms with Crippen molar-refractivity contribution >= 4 is 43.2 Å². The fourth-order valence-corrected chi connectivity index (χ4v) is 9.33. The molecular weight excluding hydrogens is 627 g/mol. The molecule has 0 N–H and O–H groups in total. The lowest BCUT2D eigenvalue weighted by atomic mass is 9.80. The molecule has 244 valence electrons. The maximum Gasteiger partial charge on any atom is 0.0585 e.